The summed E-state index contributed by atoms with van der Waals surface area (Å²) in [6.07, 6.45) is -5.14. The minimum Gasteiger partial charge on any atom is -0.453 e. The van der Waals surface area contributed by atoms with Gasteiger partial charge >= 0.3 is 12.3 Å². The van der Waals surface area contributed by atoms with Gasteiger partial charge in [-0.15, -0.1) is 0 Å². The average molecular weight is 497 g/mol. The Bertz CT molecular complexity index is 1310. The van der Waals surface area contributed by atoms with Crippen LogP contribution in [-0.4, -0.2) is 31.4 Å². The van der Waals surface area contributed by atoms with E-state index in [-0.39, 0.29) is 12.3 Å². The first-order valence-corrected chi connectivity index (χ1v) is 11.0. The molecule has 2 amide bonds. The van der Waals surface area contributed by atoms with Crippen molar-refractivity contribution in [1.82, 2.24) is 10.6 Å². The highest BCUT2D eigenvalue weighted by Crippen LogP contribution is 2.33. The van der Waals surface area contributed by atoms with Crippen molar-refractivity contribution in [3.63, 3.8) is 0 Å². The maximum Gasteiger partial charge on any atom is 0.416 e. The second kappa shape index (κ2) is 10.2. The SMILES string of the molecule is COC(=O)NCC(=O)C1NCc2cc(NC(=O)c3ccccc3-c3ccc(C(F)(F)F)cc3)ccc21. The molecule has 1 aliphatic heterocycles. The van der Waals surface area contributed by atoms with Crippen LogP contribution in [0, 0.1) is 0 Å². The first kappa shape index (κ1) is 24.9. The predicted octanol–water partition coefficient (Wildman–Crippen LogP) is 4.69. The van der Waals surface area contributed by atoms with Gasteiger partial charge in [-0.2, -0.15) is 13.2 Å². The fourth-order valence-corrected chi connectivity index (χ4v) is 4.03. The van der Waals surface area contributed by atoms with E-state index in [0.717, 1.165) is 23.3 Å². The van der Waals surface area contributed by atoms with Gasteiger partial charge in [-0.05, 0) is 52.6 Å². The summed E-state index contributed by atoms with van der Waals surface area (Å²) in [5, 5.41) is 8.27. The Labute approximate surface area is 204 Å². The van der Waals surface area contributed by atoms with Crippen LogP contribution in [0.4, 0.5) is 23.7 Å². The molecule has 1 aliphatic rings. The van der Waals surface area contributed by atoms with Crippen molar-refractivity contribution in [3.05, 3.63) is 89.0 Å². The molecule has 0 radical (unpaired) electrons. The van der Waals surface area contributed by atoms with Gasteiger partial charge in [0.2, 0.25) is 0 Å². The van der Waals surface area contributed by atoms with Crippen LogP contribution in [0.25, 0.3) is 11.1 Å². The van der Waals surface area contributed by atoms with Gasteiger partial charge in [0, 0.05) is 17.8 Å². The molecule has 7 nitrogen and oxygen atoms in total. The zero-order chi connectivity index (χ0) is 25.9. The first-order valence-electron chi connectivity index (χ1n) is 11.0. The standard InChI is InChI=1S/C26H22F3N3O4/c1-36-25(35)31-14-22(33)23-20-11-10-18(12-16(20)13-30-23)32-24(34)21-5-3-2-4-19(21)15-6-8-17(9-7-15)26(27,28)29/h2-12,23,30H,13-14H2,1H3,(H,31,35)(H,32,34). The summed E-state index contributed by atoms with van der Waals surface area (Å²) in [4.78, 5) is 36.7. The Morgan fingerprint density at radius 2 is 1.75 bits per heavy atom. The number of hydrogen-bond donors (Lipinski definition) is 3. The third-order valence-electron chi connectivity index (χ3n) is 5.82. The van der Waals surface area contributed by atoms with Gasteiger partial charge in [0.05, 0.1) is 25.3 Å². The molecule has 1 unspecified atom stereocenters. The van der Waals surface area contributed by atoms with Crippen LogP contribution < -0.4 is 16.0 Å². The Morgan fingerprint density at radius 1 is 1.03 bits per heavy atom. The number of carbonyl (C=O) groups excluding carboxylic acids is 3. The largest absolute Gasteiger partial charge is 0.453 e. The second-order valence-corrected chi connectivity index (χ2v) is 8.11. The van der Waals surface area contributed by atoms with Gasteiger partial charge in [0.1, 0.15) is 0 Å². The third kappa shape index (κ3) is 5.38. The predicted molar refractivity (Wildman–Crippen MR) is 126 cm³/mol. The van der Waals surface area contributed by atoms with E-state index in [1.54, 1.807) is 42.5 Å². The van der Waals surface area contributed by atoms with Gasteiger partial charge in [0.25, 0.3) is 5.91 Å². The van der Waals surface area contributed by atoms with E-state index in [4.69, 9.17) is 0 Å². The van der Waals surface area contributed by atoms with E-state index in [1.165, 1.54) is 19.2 Å². The molecule has 0 aliphatic carbocycles. The smallest absolute Gasteiger partial charge is 0.416 e. The average Bonchev–Trinajstić information content (AvgIpc) is 3.30. The number of ketones is 1. The Morgan fingerprint density at radius 3 is 2.44 bits per heavy atom. The summed E-state index contributed by atoms with van der Waals surface area (Å²) in [6, 6.07) is 15.8. The lowest BCUT2D eigenvalue weighted by atomic mass is 9.97. The highest BCUT2D eigenvalue weighted by Gasteiger charge is 2.30. The summed E-state index contributed by atoms with van der Waals surface area (Å²) in [7, 11) is 1.21. The maximum absolute atomic E-state index is 13.1. The number of alkyl carbamates (subject to hydrolysis) is 1. The van der Waals surface area contributed by atoms with Gasteiger partial charge in [-0.25, -0.2) is 4.79 Å². The lowest BCUT2D eigenvalue weighted by molar-refractivity contribution is -0.137. The number of carbonyl (C=O) groups is 3. The topological polar surface area (TPSA) is 96.5 Å². The number of methoxy groups -OCH3 is 1. The molecule has 0 saturated carbocycles. The maximum atomic E-state index is 13.1. The van der Waals surface area contributed by atoms with Gasteiger partial charge < -0.3 is 15.4 Å². The van der Waals surface area contributed by atoms with Gasteiger partial charge in [-0.1, -0.05) is 36.4 Å². The molecular formula is C26H22F3N3O4. The van der Waals surface area contributed by atoms with E-state index in [0.29, 0.717) is 28.9 Å². The molecule has 4 rings (SSSR count). The zero-order valence-corrected chi connectivity index (χ0v) is 19.1. The molecule has 0 fully saturated rings. The van der Waals surface area contributed by atoms with Crippen LogP contribution in [0.2, 0.25) is 0 Å². The number of alkyl halides is 3. The second-order valence-electron chi connectivity index (χ2n) is 8.11. The molecule has 3 aromatic rings. The fraction of sp³-hybridized carbons (Fsp3) is 0.192. The molecule has 1 heterocycles. The van der Waals surface area contributed by atoms with E-state index >= 15 is 0 Å². The quantitative estimate of drug-likeness (QED) is 0.459. The molecule has 0 aromatic heterocycles. The zero-order valence-electron chi connectivity index (χ0n) is 19.1. The third-order valence-corrected chi connectivity index (χ3v) is 5.82. The molecule has 186 valence electrons. The number of anilines is 1. The summed E-state index contributed by atoms with van der Waals surface area (Å²) in [6.45, 7) is 0.207. The van der Waals surface area contributed by atoms with Crippen molar-refractivity contribution in [1.29, 1.82) is 0 Å². The number of rotatable bonds is 6. The molecular weight excluding hydrogens is 475 g/mol. The van der Waals surface area contributed by atoms with Gasteiger partial charge in [0.15, 0.2) is 5.78 Å². The van der Waals surface area contributed by atoms with Gasteiger partial charge in [-0.3, -0.25) is 14.9 Å². The van der Waals surface area contributed by atoms with Crippen LogP contribution in [0.5, 0.6) is 0 Å². The van der Waals surface area contributed by atoms with E-state index in [1.807, 2.05) is 0 Å². The summed E-state index contributed by atoms with van der Waals surface area (Å²) in [5.41, 5.74) is 2.58. The Kier molecular flexibility index (Phi) is 7.07. The van der Waals surface area contributed by atoms with E-state index in [2.05, 4.69) is 20.7 Å². The summed E-state index contributed by atoms with van der Waals surface area (Å²) in [5.74, 6) is -0.660. The summed E-state index contributed by atoms with van der Waals surface area (Å²) >= 11 is 0. The number of Topliss-reactive ketones (excluding diaryl/α,β-unsaturated/α-hetero) is 1. The number of halogens is 3. The molecule has 0 spiro atoms. The first-order chi connectivity index (χ1) is 17.2. The Balaban J connectivity index is 1.50. The van der Waals surface area contributed by atoms with E-state index in [9.17, 15) is 27.6 Å². The highest BCUT2D eigenvalue weighted by atomic mass is 19.4. The van der Waals surface area contributed by atoms with Crippen LogP contribution in [0.1, 0.15) is 33.1 Å². The van der Waals surface area contributed by atoms with Crippen molar-refractivity contribution in [3.8, 4) is 11.1 Å². The highest BCUT2D eigenvalue weighted by molar-refractivity contribution is 6.08. The molecule has 36 heavy (non-hydrogen) atoms. The molecule has 3 N–H and O–H groups in total. The number of hydrogen-bond acceptors (Lipinski definition) is 5. The molecule has 0 saturated heterocycles. The molecule has 0 bridgehead atoms. The minimum atomic E-state index is -4.45. The Hall–Kier alpha value is -4.18. The lowest BCUT2D eigenvalue weighted by Gasteiger charge is -2.13. The van der Waals surface area contributed by atoms with Crippen LogP contribution in [0.15, 0.2) is 66.7 Å². The number of amides is 2. The number of nitrogens with one attached hydrogen (secondary N) is 3. The van der Waals surface area contributed by atoms with Crippen LogP contribution in [0.3, 0.4) is 0 Å². The van der Waals surface area contributed by atoms with Crippen LogP contribution >= 0.6 is 0 Å². The summed E-state index contributed by atoms with van der Waals surface area (Å²) < 4.78 is 43.2. The van der Waals surface area contributed by atoms with Crippen molar-refractivity contribution >= 4 is 23.5 Å². The molecule has 3 aromatic carbocycles. The fourth-order valence-electron chi connectivity index (χ4n) is 4.03. The lowest BCUT2D eigenvalue weighted by Crippen LogP contribution is -2.34. The van der Waals surface area contributed by atoms with Crippen molar-refractivity contribution in [2.75, 3.05) is 19.0 Å². The monoisotopic (exact) mass is 497 g/mol. The van der Waals surface area contributed by atoms with Crippen LogP contribution in [-0.2, 0) is 22.3 Å². The molecule has 1 atom stereocenters. The molecule has 10 heteroatoms. The number of fused-ring (bicyclic) bond motifs is 1. The van der Waals surface area contributed by atoms with E-state index < -0.39 is 29.8 Å². The number of benzene rings is 3. The van der Waals surface area contributed by atoms with Crippen molar-refractivity contribution in [2.24, 2.45) is 0 Å². The van der Waals surface area contributed by atoms with Crippen molar-refractivity contribution < 1.29 is 32.3 Å². The minimum absolute atomic E-state index is 0.191. The van der Waals surface area contributed by atoms with Crippen molar-refractivity contribution in [2.45, 2.75) is 18.8 Å². The normalized spacial score (nSPS) is 14.6. The number of ether oxygens (including phenoxy) is 1.